The molecule has 1 aliphatic rings. The van der Waals surface area contributed by atoms with Gasteiger partial charge in [0, 0.05) is 25.5 Å². The summed E-state index contributed by atoms with van der Waals surface area (Å²) in [5.74, 6) is 0.00986. The minimum Gasteiger partial charge on any atom is -0.337 e. The third-order valence-corrected chi connectivity index (χ3v) is 3.88. The van der Waals surface area contributed by atoms with Gasteiger partial charge in [-0.25, -0.2) is 0 Å². The van der Waals surface area contributed by atoms with Crippen molar-refractivity contribution < 1.29 is 4.79 Å². The first-order chi connectivity index (χ1) is 8.20. The van der Waals surface area contributed by atoms with Gasteiger partial charge in [-0.15, -0.1) is 11.6 Å². The molecule has 0 saturated heterocycles. The fraction of sp³-hybridized carbons (Fsp3) is 0.538. The van der Waals surface area contributed by atoms with Gasteiger partial charge in [0.15, 0.2) is 0 Å². The van der Waals surface area contributed by atoms with Crippen molar-refractivity contribution in [3.63, 3.8) is 0 Å². The Hall–Kier alpha value is -1.09. The van der Waals surface area contributed by atoms with E-state index in [1.165, 1.54) is 6.42 Å². The van der Waals surface area contributed by atoms with Crippen LogP contribution in [0, 0.1) is 0 Å². The van der Waals surface area contributed by atoms with Gasteiger partial charge in [0.2, 0.25) is 0 Å². The zero-order chi connectivity index (χ0) is 12.3. The Bertz CT molecular complexity index is 382. The molecule has 1 fully saturated rings. The molecule has 0 aromatic carbocycles. The molecule has 3 nitrogen and oxygen atoms in total. The molecule has 17 heavy (non-hydrogen) atoms. The smallest absolute Gasteiger partial charge is 0.255 e. The van der Waals surface area contributed by atoms with Crippen molar-refractivity contribution in [1.82, 2.24) is 9.88 Å². The molecule has 1 saturated carbocycles. The van der Waals surface area contributed by atoms with Gasteiger partial charge >= 0.3 is 0 Å². The van der Waals surface area contributed by atoms with Crippen LogP contribution in [-0.4, -0.2) is 34.3 Å². The number of aromatic nitrogens is 1. The predicted octanol–water partition coefficient (Wildman–Crippen LogP) is 2.70. The second-order valence-electron chi connectivity index (χ2n) is 4.53. The highest BCUT2D eigenvalue weighted by Gasteiger charge is 2.29. The van der Waals surface area contributed by atoms with Crippen molar-refractivity contribution in [3.8, 4) is 0 Å². The van der Waals surface area contributed by atoms with Crippen molar-refractivity contribution in [2.45, 2.75) is 37.1 Å². The largest absolute Gasteiger partial charge is 0.337 e. The highest BCUT2D eigenvalue weighted by atomic mass is 35.5. The fourth-order valence-corrected chi connectivity index (χ4v) is 2.80. The zero-order valence-corrected chi connectivity index (χ0v) is 10.7. The van der Waals surface area contributed by atoms with Crippen molar-refractivity contribution >= 4 is 17.5 Å². The molecule has 0 bridgehead atoms. The number of pyridine rings is 1. The van der Waals surface area contributed by atoms with Gasteiger partial charge in [-0.2, -0.15) is 0 Å². The van der Waals surface area contributed by atoms with Crippen molar-refractivity contribution in [3.05, 3.63) is 30.1 Å². The van der Waals surface area contributed by atoms with Crippen LogP contribution in [0.3, 0.4) is 0 Å². The molecule has 0 radical (unpaired) electrons. The lowest BCUT2D eigenvalue weighted by Crippen LogP contribution is -2.44. The molecule has 0 spiro atoms. The van der Waals surface area contributed by atoms with E-state index in [2.05, 4.69) is 4.98 Å². The first kappa shape index (κ1) is 12.4. The van der Waals surface area contributed by atoms with E-state index in [9.17, 15) is 4.79 Å². The van der Waals surface area contributed by atoms with Gasteiger partial charge < -0.3 is 4.90 Å². The summed E-state index contributed by atoms with van der Waals surface area (Å²) in [6.07, 6.45) is 7.58. The number of nitrogens with zero attached hydrogens (tertiary/aromatic N) is 2. The lowest BCUT2D eigenvalue weighted by atomic mass is 9.93. The van der Waals surface area contributed by atoms with Crippen molar-refractivity contribution in [2.24, 2.45) is 0 Å². The van der Waals surface area contributed by atoms with Gasteiger partial charge in [0.05, 0.1) is 10.9 Å². The zero-order valence-electron chi connectivity index (χ0n) is 9.97. The van der Waals surface area contributed by atoms with Crippen LogP contribution >= 0.6 is 11.6 Å². The quantitative estimate of drug-likeness (QED) is 0.759. The van der Waals surface area contributed by atoms with Gasteiger partial charge in [0.1, 0.15) is 0 Å². The maximum Gasteiger partial charge on any atom is 0.255 e. The topological polar surface area (TPSA) is 33.2 Å². The van der Waals surface area contributed by atoms with Crippen LogP contribution in [-0.2, 0) is 0 Å². The second-order valence-corrected chi connectivity index (χ2v) is 5.09. The third-order valence-electron chi connectivity index (χ3n) is 3.37. The molecule has 4 heteroatoms. The minimum absolute atomic E-state index is 0.00986. The maximum absolute atomic E-state index is 12.2. The Labute approximate surface area is 107 Å². The summed E-state index contributed by atoms with van der Waals surface area (Å²) in [7, 11) is 1.83. The summed E-state index contributed by atoms with van der Waals surface area (Å²) in [5.41, 5.74) is 0.629. The molecule has 1 aromatic heterocycles. The van der Waals surface area contributed by atoms with Gasteiger partial charge in [-0.1, -0.05) is 12.8 Å². The Balaban J connectivity index is 2.09. The fourth-order valence-electron chi connectivity index (χ4n) is 2.35. The molecular formula is C13H17ClN2O. The molecule has 2 unspecified atom stereocenters. The summed E-state index contributed by atoms with van der Waals surface area (Å²) < 4.78 is 0. The Morgan fingerprint density at radius 1 is 1.47 bits per heavy atom. The minimum atomic E-state index is 0.00986. The summed E-state index contributed by atoms with van der Waals surface area (Å²) in [4.78, 5) is 18.0. The molecule has 0 aliphatic heterocycles. The van der Waals surface area contributed by atoms with Crippen LogP contribution in [0.15, 0.2) is 24.5 Å². The molecule has 92 valence electrons. The number of amides is 1. The van der Waals surface area contributed by atoms with E-state index in [1.807, 2.05) is 7.05 Å². The number of carbonyl (C=O) groups is 1. The molecule has 1 amide bonds. The van der Waals surface area contributed by atoms with Crippen LogP contribution in [0.25, 0.3) is 0 Å². The van der Waals surface area contributed by atoms with Crippen LogP contribution in [0.4, 0.5) is 0 Å². The summed E-state index contributed by atoms with van der Waals surface area (Å²) in [6, 6.07) is 3.72. The predicted molar refractivity (Wildman–Crippen MR) is 68.2 cm³/mol. The molecular weight excluding hydrogens is 236 g/mol. The highest BCUT2D eigenvalue weighted by molar-refractivity contribution is 6.21. The molecule has 1 aliphatic carbocycles. The van der Waals surface area contributed by atoms with E-state index in [0.717, 1.165) is 19.3 Å². The number of rotatable bonds is 2. The average molecular weight is 253 g/mol. The third kappa shape index (κ3) is 2.78. The van der Waals surface area contributed by atoms with E-state index >= 15 is 0 Å². The maximum atomic E-state index is 12.2. The van der Waals surface area contributed by atoms with E-state index in [4.69, 9.17) is 11.6 Å². The number of carbonyl (C=O) groups excluding carboxylic acids is 1. The molecule has 2 atom stereocenters. The van der Waals surface area contributed by atoms with Crippen molar-refractivity contribution in [1.29, 1.82) is 0 Å². The number of hydrogen-bond acceptors (Lipinski definition) is 2. The first-order valence-electron chi connectivity index (χ1n) is 6.01. The lowest BCUT2D eigenvalue weighted by molar-refractivity contribution is 0.0700. The SMILES string of the molecule is CN(C(=O)c1cccnc1)C1CCCCC1Cl. The summed E-state index contributed by atoms with van der Waals surface area (Å²) in [6.45, 7) is 0. The Morgan fingerprint density at radius 3 is 2.88 bits per heavy atom. The Kier molecular flexibility index (Phi) is 4.00. The Morgan fingerprint density at radius 2 is 2.24 bits per heavy atom. The number of halogens is 1. The lowest BCUT2D eigenvalue weighted by Gasteiger charge is -2.34. The molecule has 0 N–H and O–H groups in total. The monoisotopic (exact) mass is 252 g/mol. The van der Waals surface area contributed by atoms with Crippen molar-refractivity contribution in [2.75, 3.05) is 7.05 Å². The highest BCUT2D eigenvalue weighted by Crippen LogP contribution is 2.27. The first-order valence-corrected chi connectivity index (χ1v) is 6.45. The van der Waals surface area contributed by atoms with Crippen LogP contribution in [0.2, 0.25) is 0 Å². The van der Waals surface area contributed by atoms with Gasteiger partial charge in [-0.3, -0.25) is 9.78 Å². The van der Waals surface area contributed by atoms with Crippen LogP contribution in [0.1, 0.15) is 36.0 Å². The average Bonchev–Trinajstić information content (AvgIpc) is 2.39. The van der Waals surface area contributed by atoms with Gasteiger partial charge in [-0.05, 0) is 25.0 Å². The van der Waals surface area contributed by atoms with Crippen LogP contribution in [0.5, 0.6) is 0 Å². The number of alkyl halides is 1. The second kappa shape index (κ2) is 5.50. The van der Waals surface area contributed by atoms with E-state index in [1.54, 1.807) is 29.4 Å². The molecule has 2 rings (SSSR count). The summed E-state index contributed by atoms with van der Waals surface area (Å²) in [5, 5.41) is 0.0781. The van der Waals surface area contributed by atoms with E-state index in [-0.39, 0.29) is 17.3 Å². The standard InChI is InChI=1S/C13H17ClN2O/c1-16(12-7-3-2-6-11(12)14)13(17)10-5-4-8-15-9-10/h4-5,8-9,11-12H,2-3,6-7H2,1H3. The van der Waals surface area contributed by atoms with Crippen LogP contribution < -0.4 is 0 Å². The number of hydrogen-bond donors (Lipinski definition) is 0. The molecule has 1 heterocycles. The normalized spacial score (nSPS) is 24.4. The molecule has 1 aromatic rings. The van der Waals surface area contributed by atoms with Gasteiger partial charge in [0.25, 0.3) is 5.91 Å². The van der Waals surface area contributed by atoms with E-state index in [0.29, 0.717) is 5.56 Å². The summed E-state index contributed by atoms with van der Waals surface area (Å²) >= 11 is 6.30. The van der Waals surface area contributed by atoms with E-state index < -0.39 is 0 Å².